The van der Waals surface area contributed by atoms with Crippen LogP contribution in [0.3, 0.4) is 0 Å². The molecule has 20 heavy (non-hydrogen) atoms. The lowest BCUT2D eigenvalue weighted by atomic mass is 10.1. The SMILES string of the molecule is CC1Cc2cc(S(=O)(=O)N(C)C(C)CN)cc(Cl)c2O1. The third-order valence-corrected chi connectivity index (χ3v) is 5.79. The van der Waals surface area contributed by atoms with E-state index in [9.17, 15) is 8.42 Å². The molecule has 2 unspecified atom stereocenters. The zero-order valence-corrected chi connectivity index (χ0v) is 13.3. The molecule has 1 aliphatic heterocycles. The van der Waals surface area contributed by atoms with Gasteiger partial charge in [0.05, 0.1) is 9.92 Å². The van der Waals surface area contributed by atoms with E-state index in [4.69, 9.17) is 22.1 Å². The third-order valence-electron chi connectivity index (χ3n) is 3.56. The van der Waals surface area contributed by atoms with Gasteiger partial charge in [0, 0.05) is 31.6 Å². The highest BCUT2D eigenvalue weighted by molar-refractivity contribution is 7.89. The zero-order chi connectivity index (χ0) is 15.1. The fourth-order valence-corrected chi connectivity index (χ4v) is 3.96. The molecule has 2 atom stereocenters. The van der Waals surface area contributed by atoms with E-state index in [-0.39, 0.29) is 23.6 Å². The number of sulfonamides is 1. The third kappa shape index (κ3) is 2.65. The summed E-state index contributed by atoms with van der Waals surface area (Å²) in [6.45, 7) is 3.94. The molecule has 0 spiro atoms. The lowest BCUT2D eigenvalue weighted by Gasteiger charge is -2.23. The van der Waals surface area contributed by atoms with Crippen molar-refractivity contribution in [1.82, 2.24) is 4.31 Å². The standard InChI is InChI=1S/C13H19ClN2O3S/c1-8(7-15)16(3)20(17,18)11-5-10-4-9(2)19-13(10)12(14)6-11/h5-6,8-9H,4,7,15H2,1-3H3. The minimum atomic E-state index is -3.60. The van der Waals surface area contributed by atoms with Crippen LogP contribution in [0.1, 0.15) is 19.4 Å². The molecule has 1 aliphatic rings. The average Bonchev–Trinajstić information content (AvgIpc) is 2.77. The average molecular weight is 319 g/mol. The largest absolute Gasteiger partial charge is 0.489 e. The number of nitrogens with zero attached hydrogens (tertiary/aromatic N) is 1. The summed E-state index contributed by atoms with van der Waals surface area (Å²) in [5, 5.41) is 0.333. The lowest BCUT2D eigenvalue weighted by molar-refractivity contribution is 0.255. The van der Waals surface area contributed by atoms with Crippen molar-refractivity contribution in [3.8, 4) is 5.75 Å². The Morgan fingerprint density at radius 1 is 1.55 bits per heavy atom. The van der Waals surface area contributed by atoms with E-state index >= 15 is 0 Å². The summed E-state index contributed by atoms with van der Waals surface area (Å²) in [5.41, 5.74) is 6.36. The summed E-state index contributed by atoms with van der Waals surface area (Å²) in [7, 11) is -2.08. The van der Waals surface area contributed by atoms with Crippen molar-refractivity contribution in [1.29, 1.82) is 0 Å². The van der Waals surface area contributed by atoms with Crippen LogP contribution in [0, 0.1) is 0 Å². The van der Waals surface area contributed by atoms with Gasteiger partial charge in [0.1, 0.15) is 11.9 Å². The Kier molecular flexibility index (Phi) is 4.30. The highest BCUT2D eigenvalue weighted by Gasteiger charge is 2.29. The van der Waals surface area contributed by atoms with Crippen LogP contribution in [0.4, 0.5) is 0 Å². The van der Waals surface area contributed by atoms with Crippen molar-refractivity contribution in [2.75, 3.05) is 13.6 Å². The molecule has 0 fully saturated rings. The van der Waals surface area contributed by atoms with Gasteiger partial charge in [-0.2, -0.15) is 4.31 Å². The van der Waals surface area contributed by atoms with Crippen LogP contribution in [0.5, 0.6) is 5.75 Å². The van der Waals surface area contributed by atoms with E-state index in [0.717, 1.165) is 5.56 Å². The van der Waals surface area contributed by atoms with Crippen LogP contribution in [-0.2, 0) is 16.4 Å². The van der Waals surface area contributed by atoms with E-state index in [1.807, 2.05) is 6.92 Å². The Bertz CT molecular complexity index is 618. The predicted molar refractivity (Wildman–Crippen MR) is 78.7 cm³/mol. The first-order chi connectivity index (χ1) is 9.27. The molecule has 0 amide bonds. The van der Waals surface area contributed by atoms with Crippen LogP contribution in [0.15, 0.2) is 17.0 Å². The van der Waals surface area contributed by atoms with Gasteiger partial charge < -0.3 is 10.5 Å². The smallest absolute Gasteiger partial charge is 0.243 e. The van der Waals surface area contributed by atoms with E-state index in [0.29, 0.717) is 17.2 Å². The maximum atomic E-state index is 12.5. The number of likely N-dealkylation sites (N-methyl/N-ethyl adjacent to an activating group) is 1. The van der Waals surface area contributed by atoms with Crippen molar-refractivity contribution >= 4 is 21.6 Å². The van der Waals surface area contributed by atoms with E-state index < -0.39 is 10.0 Å². The molecule has 1 heterocycles. The Hall–Kier alpha value is -0.820. The Balaban J connectivity index is 2.44. The molecule has 112 valence electrons. The molecular formula is C13H19ClN2O3S. The molecule has 5 nitrogen and oxygen atoms in total. The maximum Gasteiger partial charge on any atom is 0.243 e. The van der Waals surface area contributed by atoms with Gasteiger partial charge in [-0.3, -0.25) is 0 Å². The lowest BCUT2D eigenvalue weighted by Crippen LogP contribution is -2.39. The van der Waals surface area contributed by atoms with E-state index in [1.54, 1.807) is 13.0 Å². The van der Waals surface area contributed by atoms with Gasteiger partial charge >= 0.3 is 0 Å². The first-order valence-electron chi connectivity index (χ1n) is 6.44. The molecule has 0 saturated heterocycles. The number of hydrogen-bond donors (Lipinski definition) is 1. The maximum absolute atomic E-state index is 12.5. The van der Waals surface area contributed by atoms with Crippen molar-refractivity contribution in [3.05, 3.63) is 22.7 Å². The second kappa shape index (κ2) is 5.52. The highest BCUT2D eigenvalue weighted by atomic mass is 35.5. The van der Waals surface area contributed by atoms with Crippen molar-refractivity contribution in [2.24, 2.45) is 5.73 Å². The fraction of sp³-hybridized carbons (Fsp3) is 0.538. The number of halogens is 1. The van der Waals surface area contributed by atoms with Gasteiger partial charge in [-0.1, -0.05) is 11.6 Å². The highest BCUT2D eigenvalue weighted by Crippen LogP contribution is 2.38. The number of benzene rings is 1. The van der Waals surface area contributed by atoms with Crippen LogP contribution < -0.4 is 10.5 Å². The summed E-state index contributed by atoms with van der Waals surface area (Å²) >= 11 is 6.13. The number of fused-ring (bicyclic) bond motifs is 1. The quantitative estimate of drug-likeness (QED) is 0.916. The first-order valence-corrected chi connectivity index (χ1v) is 8.26. The first kappa shape index (κ1) is 15.6. The molecular weight excluding hydrogens is 300 g/mol. The van der Waals surface area contributed by atoms with Crippen molar-refractivity contribution < 1.29 is 13.2 Å². The van der Waals surface area contributed by atoms with Gasteiger partial charge in [0.25, 0.3) is 0 Å². The normalized spacial score (nSPS) is 19.8. The number of nitrogens with two attached hydrogens (primary N) is 1. The molecule has 0 aromatic heterocycles. The predicted octanol–water partition coefficient (Wildman–Crippen LogP) is 1.63. The minimum Gasteiger partial charge on any atom is -0.489 e. The number of hydrogen-bond acceptors (Lipinski definition) is 4. The molecule has 1 aromatic carbocycles. The topological polar surface area (TPSA) is 72.6 Å². The molecule has 0 radical (unpaired) electrons. The van der Waals surface area contributed by atoms with Gasteiger partial charge in [-0.15, -0.1) is 0 Å². The molecule has 1 aromatic rings. The van der Waals surface area contributed by atoms with Gasteiger partial charge in [0.2, 0.25) is 10.0 Å². The molecule has 7 heteroatoms. The summed E-state index contributed by atoms with van der Waals surface area (Å²) in [4.78, 5) is 0.182. The van der Waals surface area contributed by atoms with E-state index in [1.165, 1.54) is 17.4 Å². The van der Waals surface area contributed by atoms with Gasteiger partial charge in [0.15, 0.2) is 0 Å². The minimum absolute atomic E-state index is 0.0150. The van der Waals surface area contributed by atoms with Crippen LogP contribution in [0.25, 0.3) is 0 Å². The molecule has 0 aliphatic carbocycles. The van der Waals surface area contributed by atoms with Gasteiger partial charge in [-0.25, -0.2) is 8.42 Å². The summed E-state index contributed by atoms with van der Waals surface area (Å²) in [6.07, 6.45) is 0.676. The van der Waals surface area contributed by atoms with Crippen LogP contribution in [0.2, 0.25) is 5.02 Å². The number of rotatable bonds is 4. The Morgan fingerprint density at radius 2 is 2.20 bits per heavy atom. The van der Waals surface area contributed by atoms with Crippen molar-refractivity contribution in [3.63, 3.8) is 0 Å². The second-order valence-corrected chi connectivity index (χ2v) is 7.54. The fourth-order valence-electron chi connectivity index (χ4n) is 2.16. The van der Waals surface area contributed by atoms with Crippen molar-refractivity contribution in [2.45, 2.75) is 37.3 Å². The van der Waals surface area contributed by atoms with Crippen LogP contribution >= 0.6 is 11.6 Å². The molecule has 0 bridgehead atoms. The zero-order valence-electron chi connectivity index (χ0n) is 11.8. The summed E-state index contributed by atoms with van der Waals surface area (Å²) in [5.74, 6) is 0.590. The number of ether oxygens (including phenoxy) is 1. The Labute approximate surface area is 124 Å². The Morgan fingerprint density at radius 3 is 2.80 bits per heavy atom. The summed E-state index contributed by atoms with van der Waals surface area (Å²) in [6, 6.07) is 2.80. The molecule has 2 N–H and O–H groups in total. The second-order valence-electron chi connectivity index (χ2n) is 5.13. The molecule has 2 rings (SSSR count). The van der Waals surface area contributed by atoms with Gasteiger partial charge in [-0.05, 0) is 26.0 Å². The van der Waals surface area contributed by atoms with Crippen LogP contribution in [-0.4, -0.2) is 38.5 Å². The monoisotopic (exact) mass is 318 g/mol. The molecule has 0 saturated carbocycles. The summed E-state index contributed by atoms with van der Waals surface area (Å²) < 4.78 is 31.9. The van der Waals surface area contributed by atoms with E-state index in [2.05, 4.69) is 0 Å².